The third-order valence-electron chi connectivity index (χ3n) is 4.52. The zero-order chi connectivity index (χ0) is 15.1. The van der Waals surface area contributed by atoms with Crippen LogP contribution in [0, 0.1) is 0 Å². The van der Waals surface area contributed by atoms with E-state index in [1.165, 1.54) is 0 Å². The van der Waals surface area contributed by atoms with Crippen LogP contribution in [-0.2, 0) is 14.8 Å². The van der Waals surface area contributed by atoms with Crippen LogP contribution < -0.4 is 4.72 Å². The Kier molecular flexibility index (Phi) is 3.83. The zero-order valence-corrected chi connectivity index (χ0v) is 12.5. The van der Waals surface area contributed by atoms with Crippen molar-refractivity contribution in [1.29, 1.82) is 0 Å². The largest absolute Gasteiger partial charge is 0.460 e. The molecule has 0 aromatic rings. The number of fused-ring (bicyclic) bond motifs is 1. The molecule has 5 nitrogen and oxygen atoms in total. The number of amidine groups is 1. The van der Waals surface area contributed by atoms with E-state index in [0.29, 0.717) is 12.8 Å². The Bertz CT molecular complexity index is 526. The van der Waals surface area contributed by atoms with Gasteiger partial charge in [-0.25, -0.2) is 26.9 Å². The van der Waals surface area contributed by atoms with Crippen molar-refractivity contribution in [3.63, 3.8) is 0 Å². The normalized spacial score (nSPS) is 37.3. The predicted octanol–water partition coefficient (Wildman–Crippen LogP) is 2.18. The number of ether oxygens (including phenoxy) is 1. The lowest BCUT2D eigenvalue weighted by Crippen LogP contribution is -2.54. The van der Waals surface area contributed by atoms with E-state index in [2.05, 4.69) is 9.71 Å². The number of nitrogens with zero attached hydrogens (tertiary/aromatic N) is 1. The number of aliphatic imine (C=N–C) groups is 1. The molecule has 2 atom stereocenters. The molecule has 8 heteroatoms. The molecule has 2 saturated carbocycles. The minimum absolute atomic E-state index is 0.00614. The number of halogens is 2. The molecule has 0 aromatic carbocycles. The summed E-state index contributed by atoms with van der Waals surface area (Å²) in [7, 11) is -3.46. The molecule has 120 valence electrons. The summed E-state index contributed by atoms with van der Waals surface area (Å²) >= 11 is 0. The third-order valence-corrected chi connectivity index (χ3v) is 6.32. The maximum absolute atomic E-state index is 13.1. The predicted molar refractivity (Wildman–Crippen MR) is 73.8 cm³/mol. The quantitative estimate of drug-likeness (QED) is 0.804. The lowest BCUT2D eigenvalue weighted by atomic mass is 9.93. The van der Waals surface area contributed by atoms with Gasteiger partial charge >= 0.3 is 0 Å². The van der Waals surface area contributed by atoms with E-state index in [1.54, 1.807) is 0 Å². The van der Waals surface area contributed by atoms with Gasteiger partial charge in [0.25, 0.3) is 6.02 Å². The average Bonchev–Trinajstić information content (AvgIpc) is 2.41. The first-order valence-electron chi connectivity index (χ1n) is 7.50. The van der Waals surface area contributed by atoms with Crippen molar-refractivity contribution in [3.8, 4) is 0 Å². The fourth-order valence-corrected chi connectivity index (χ4v) is 4.86. The van der Waals surface area contributed by atoms with Gasteiger partial charge in [0.1, 0.15) is 11.4 Å². The summed E-state index contributed by atoms with van der Waals surface area (Å²) in [6.07, 6.45) is 2.89. The van der Waals surface area contributed by atoms with E-state index in [4.69, 9.17) is 4.74 Å². The van der Waals surface area contributed by atoms with Crippen molar-refractivity contribution >= 4 is 16.0 Å². The van der Waals surface area contributed by atoms with Gasteiger partial charge in [-0.15, -0.1) is 0 Å². The van der Waals surface area contributed by atoms with Crippen LogP contribution in [0.1, 0.15) is 51.4 Å². The lowest BCUT2D eigenvalue weighted by molar-refractivity contribution is -0.0376. The molecule has 1 saturated heterocycles. The molecule has 1 aliphatic heterocycles. The van der Waals surface area contributed by atoms with Crippen LogP contribution in [0.5, 0.6) is 0 Å². The van der Waals surface area contributed by atoms with Crippen LogP contribution in [0.4, 0.5) is 8.78 Å². The van der Waals surface area contributed by atoms with Gasteiger partial charge in [0.2, 0.25) is 15.9 Å². The van der Waals surface area contributed by atoms with Crippen LogP contribution in [0.15, 0.2) is 4.99 Å². The van der Waals surface area contributed by atoms with Crippen molar-refractivity contribution < 1.29 is 21.9 Å². The first kappa shape index (κ1) is 15.0. The molecule has 21 heavy (non-hydrogen) atoms. The first-order chi connectivity index (χ1) is 9.86. The van der Waals surface area contributed by atoms with Gasteiger partial charge in [0.05, 0.1) is 6.04 Å². The maximum atomic E-state index is 13.1. The summed E-state index contributed by atoms with van der Waals surface area (Å²) in [5, 5.41) is -0.513. The Morgan fingerprint density at radius 2 is 1.81 bits per heavy atom. The standard InChI is InChI=1S/C13H20F2N2O3S/c14-13(15)7-5-9(6-8-13)16-12-17-21(18,19)11-4-2-1-3-10(11)20-12/h9-11H,1-8H2,(H,16,17)/t10-,11+/m0/s1. The SMILES string of the molecule is O=S1(=O)NC(=NC2CCC(F)(F)CC2)O[C@H]2CCCC[C@H]21. The molecule has 2 aliphatic carbocycles. The van der Waals surface area contributed by atoms with E-state index in [-0.39, 0.29) is 43.9 Å². The Morgan fingerprint density at radius 3 is 2.52 bits per heavy atom. The van der Waals surface area contributed by atoms with E-state index >= 15 is 0 Å². The van der Waals surface area contributed by atoms with Gasteiger partial charge in [-0.1, -0.05) is 6.42 Å². The van der Waals surface area contributed by atoms with Gasteiger partial charge in [0.15, 0.2) is 0 Å². The minimum atomic E-state index is -3.46. The van der Waals surface area contributed by atoms with Crippen molar-refractivity contribution in [2.24, 2.45) is 4.99 Å². The van der Waals surface area contributed by atoms with Crippen molar-refractivity contribution in [1.82, 2.24) is 4.72 Å². The summed E-state index contributed by atoms with van der Waals surface area (Å²) in [4.78, 5) is 4.22. The number of rotatable bonds is 1. The molecule has 0 bridgehead atoms. The fraction of sp³-hybridized carbons (Fsp3) is 0.923. The monoisotopic (exact) mass is 322 g/mol. The molecule has 1 N–H and O–H groups in total. The Morgan fingerprint density at radius 1 is 1.14 bits per heavy atom. The van der Waals surface area contributed by atoms with E-state index in [1.807, 2.05) is 0 Å². The molecule has 3 fully saturated rings. The second-order valence-corrected chi connectivity index (χ2v) is 8.05. The summed E-state index contributed by atoms with van der Waals surface area (Å²) in [6, 6.07) is -0.296. The molecule has 0 radical (unpaired) electrons. The first-order valence-corrected chi connectivity index (χ1v) is 9.04. The van der Waals surface area contributed by atoms with Crippen LogP contribution in [-0.4, -0.2) is 37.8 Å². The molecular weight excluding hydrogens is 302 g/mol. The highest BCUT2D eigenvalue weighted by molar-refractivity contribution is 7.90. The van der Waals surface area contributed by atoms with Crippen LogP contribution in [0.2, 0.25) is 0 Å². The molecule has 3 aliphatic rings. The molecular formula is C13H20F2N2O3S. The van der Waals surface area contributed by atoms with Gasteiger partial charge < -0.3 is 4.74 Å². The van der Waals surface area contributed by atoms with Gasteiger partial charge in [-0.2, -0.15) is 0 Å². The number of nitrogens with one attached hydrogen (secondary N) is 1. The molecule has 3 rings (SSSR count). The van der Waals surface area contributed by atoms with Crippen molar-refractivity contribution in [2.75, 3.05) is 0 Å². The summed E-state index contributed by atoms with van der Waals surface area (Å²) in [5.41, 5.74) is 0. The lowest BCUT2D eigenvalue weighted by Gasteiger charge is -2.36. The molecule has 0 aromatic heterocycles. The van der Waals surface area contributed by atoms with Crippen LogP contribution in [0.3, 0.4) is 0 Å². The zero-order valence-electron chi connectivity index (χ0n) is 11.7. The Labute approximate surface area is 123 Å². The van der Waals surface area contributed by atoms with Crippen molar-refractivity contribution in [2.45, 2.75) is 74.7 Å². The second-order valence-electron chi connectivity index (χ2n) is 6.15. The van der Waals surface area contributed by atoms with Crippen molar-refractivity contribution in [3.05, 3.63) is 0 Å². The van der Waals surface area contributed by atoms with E-state index in [0.717, 1.165) is 12.8 Å². The van der Waals surface area contributed by atoms with Crippen LogP contribution >= 0.6 is 0 Å². The average molecular weight is 322 g/mol. The summed E-state index contributed by atoms with van der Waals surface area (Å²) in [5.74, 6) is -2.61. The van der Waals surface area contributed by atoms with Gasteiger partial charge in [-0.05, 0) is 32.1 Å². The topological polar surface area (TPSA) is 67.8 Å². The number of sulfonamides is 1. The van der Waals surface area contributed by atoms with Crippen LogP contribution in [0.25, 0.3) is 0 Å². The van der Waals surface area contributed by atoms with E-state index in [9.17, 15) is 17.2 Å². The summed E-state index contributed by atoms with van der Waals surface area (Å²) < 4.78 is 58.6. The highest BCUT2D eigenvalue weighted by Gasteiger charge is 2.43. The maximum Gasteiger partial charge on any atom is 0.299 e. The smallest absolute Gasteiger partial charge is 0.299 e. The Hall–Kier alpha value is -0.920. The highest BCUT2D eigenvalue weighted by atomic mass is 32.2. The second kappa shape index (κ2) is 5.37. The molecule has 0 spiro atoms. The number of hydrogen-bond donors (Lipinski definition) is 1. The Balaban J connectivity index is 1.70. The number of alkyl halides is 2. The minimum Gasteiger partial charge on any atom is -0.460 e. The number of hydrogen-bond acceptors (Lipinski definition) is 4. The molecule has 0 unspecified atom stereocenters. The van der Waals surface area contributed by atoms with E-state index < -0.39 is 21.2 Å². The summed E-state index contributed by atoms with van der Waals surface area (Å²) in [6.45, 7) is 0. The van der Waals surface area contributed by atoms with Gasteiger partial charge in [-0.3, -0.25) is 0 Å². The fourth-order valence-electron chi connectivity index (χ4n) is 3.29. The highest BCUT2D eigenvalue weighted by Crippen LogP contribution is 2.35. The third kappa shape index (κ3) is 3.30. The molecule has 0 amide bonds. The van der Waals surface area contributed by atoms with Gasteiger partial charge in [0, 0.05) is 12.8 Å². The molecule has 1 heterocycles.